The summed E-state index contributed by atoms with van der Waals surface area (Å²) < 4.78 is 17.3. The van der Waals surface area contributed by atoms with Gasteiger partial charge in [-0.1, -0.05) is 11.3 Å². The lowest BCUT2D eigenvalue weighted by atomic mass is 10.3. The van der Waals surface area contributed by atoms with Crippen LogP contribution in [0.3, 0.4) is 0 Å². The number of rotatable bonds is 2. The minimum atomic E-state index is -0.428. The average Bonchev–Trinajstić information content (AvgIpc) is 3.25. The molecule has 144 valence electrons. The standard InChI is InChI=1S/C18H18FN7OS/c1-11-9-25-10-12(7-13(19)16(25)20-11)17-22-26-15(27)8-14(21-18(26)28-17)24-5-3-23(2)4-6-24/h7-10H,3-6H2,1-2H3. The number of hydrogen-bond acceptors (Lipinski definition) is 7. The molecule has 0 N–H and O–H groups in total. The summed E-state index contributed by atoms with van der Waals surface area (Å²) in [6, 6.07) is 2.91. The predicted molar refractivity (Wildman–Crippen MR) is 106 cm³/mol. The summed E-state index contributed by atoms with van der Waals surface area (Å²) in [4.78, 5) is 26.2. The molecule has 5 heterocycles. The van der Waals surface area contributed by atoms with Crippen molar-refractivity contribution in [2.24, 2.45) is 0 Å². The Hall–Kier alpha value is -2.85. The molecular formula is C18H18FN7OS. The Labute approximate surface area is 163 Å². The maximum Gasteiger partial charge on any atom is 0.277 e. The van der Waals surface area contributed by atoms with E-state index in [1.54, 1.807) is 16.8 Å². The van der Waals surface area contributed by atoms with E-state index in [-0.39, 0.29) is 11.2 Å². The molecule has 0 spiro atoms. The van der Waals surface area contributed by atoms with Crippen molar-refractivity contribution in [3.63, 3.8) is 0 Å². The fourth-order valence-electron chi connectivity index (χ4n) is 3.41. The van der Waals surface area contributed by atoms with Crippen LogP contribution in [0.4, 0.5) is 10.2 Å². The zero-order chi connectivity index (χ0) is 19.4. The van der Waals surface area contributed by atoms with Crippen molar-refractivity contribution in [2.75, 3.05) is 38.1 Å². The van der Waals surface area contributed by atoms with Crippen molar-refractivity contribution in [2.45, 2.75) is 6.92 Å². The van der Waals surface area contributed by atoms with Gasteiger partial charge in [0.25, 0.3) is 5.56 Å². The molecule has 0 saturated carbocycles. The summed E-state index contributed by atoms with van der Waals surface area (Å²) in [6.45, 7) is 5.32. The molecule has 8 nitrogen and oxygen atoms in total. The van der Waals surface area contributed by atoms with E-state index < -0.39 is 5.82 Å². The Kier molecular flexibility index (Phi) is 3.91. The largest absolute Gasteiger partial charge is 0.354 e. The minimum absolute atomic E-state index is 0.235. The van der Waals surface area contributed by atoms with Crippen LogP contribution in [0.25, 0.3) is 21.2 Å². The van der Waals surface area contributed by atoms with Crippen molar-refractivity contribution in [1.29, 1.82) is 0 Å². The smallest absolute Gasteiger partial charge is 0.277 e. The molecule has 4 aromatic rings. The van der Waals surface area contributed by atoms with E-state index in [2.05, 4.69) is 31.9 Å². The lowest BCUT2D eigenvalue weighted by Gasteiger charge is -2.32. The summed E-state index contributed by atoms with van der Waals surface area (Å²) in [5, 5.41) is 4.90. The van der Waals surface area contributed by atoms with Crippen LogP contribution in [0.15, 0.2) is 29.3 Å². The van der Waals surface area contributed by atoms with Gasteiger partial charge in [0.2, 0.25) is 4.96 Å². The zero-order valence-corrected chi connectivity index (χ0v) is 16.3. The van der Waals surface area contributed by atoms with E-state index in [0.29, 0.717) is 21.3 Å². The summed E-state index contributed by atoms with van der Waals surface area (Å²) in [5.41, 5.74) is 1.35. The number of nitrogens with zero attached hydrogens (tertiary/aromatic N) is 7. The van der Waals surface area contributed by atoms with E-state index >= 15 is 0 Å². The van der Waals surface area contributed by atoms with Crippen LogP contribution >= 0.6 is 11.3 Å². The number of aromatic nitrogens is 5. The van der Waals surface area contributed by atoms with Crippen LogP contribution in [-0.2, 0) is 0 Å². The quantitative estimate of drug-likeness (QED) is 0.511. The van der Waals surface area contributed by atoms with Crippen LogP contribution in [0.5, 0.6) is 0 Å². The molecule has 0 amide bonds. The SMILES string of the molecule is Cc1cn2cc(-c3nn4c(=O)cc(N5CCN(C)CC5)nc4s3)cc(F)c2n1. The van der Waals surface area contributed by atoms with Crippen LogP contribution in [-0.4, -0.2) is 62.1 Å². The van der Waals surface area contributed by atoms with Crippen molar-refractivity contribution >= 4 is 27.8 Å². The lowest BCUT2D eigenvalue weighted by molar-refractivity contribution is 0.312. The van der Waals surface area contributed by atoms with Crippen molar-refractivity contribution in [3.05, 3.63) is 46.4 Å². The molecule has 0 aliphatic carbocycles. The third kappa shape index (κ3) is 2.85. The molecular weight excluding hydrogens is 381 g/mol. The zero-order valence-electron chi connectivity index (χ0n) is 15.5. The number of likely N-dealkylation sites (N-methyl/N-ethyl adjacent to an activating group) is 1. The fraction of sp³-hybridized carbons (Fsp3) is 0.333. The van der Waals surface area contributed by atoms with E-state index in [1.165, 1.54) is 28.0 Å². The second kappa shape index (κ2) is 6.35. The molecule has 1 aliphatic heterocycles. The van der Waals surface area contributed by atoms with Crippen LogP contribution in [0.1, 0.15) is 5.69 Å². The normalized spacial score (nSPS) is 15.8. The molecule has 1 saturated heterocycles. The Morgan fingerprint density at radius 2 is 1.89 bits per heavy atom. The summed E-state index contributed by atoms with van der Waals surface area (Å²) in [7, 11) is 2.08. The molecule has 28 heavy (non-hydrogen) atoms. The third-order valence-corrected chi connectivity index (χ3v) is 5.89. The first kappa shape index (κ1) is 17.3. The molecule has 4 aromatic heterocycles. The van der Waals surface area contributed by atoms with Gasteiger partial charge in [-0.25, -0.2) is 14.4 Å². The molecule has 0 unspecified atom stereocenters. The van der Waals surface area contributed by atoms with E-state index in [0.717, 1.165) is 31.9 Å². The highest BCUT2D eigenvalue weighted by Crippen LogP contribution is 2.27. The maximum absolute atomic E-state index is 14.4. The lowest BCUT2D eigenvalue weighted by Crippen LogP contribution is -2.45. The number of fused-ring (bicyclic) bond motifs is 2. The number of aryl methyl sites for hydroxylation is 1. The van der Waals surface area contributed by atoms with Gasteiger partial charge in [0.1, 0.15) is 10.8 Å². The van der Waals surface area contributed by atoms with Gasteiger partial charge in [-0.05, 0) is 20.0 Å². The fourth-order valence-corrected chi connectivity index (χ4v) is 4.29. The first-order valence-corrected chi connectivity index (χ1v) is 9.79. The monoisotopic (exact) mass is 399 g/mol. The summed E-state index contributed by atoms with van der Waals surface area (Å²) in [5.74, 6) is 0.239. The number of hydrogen-bond donors (Lipinski definition) is 0. The Morgan fingerprint density at radius 1 is 1.11 bits per heavy atom. The number of piperazine rings is 1. The van der Waals surface area contributed by atoms with Gasteiger partial charge in [0, 0.05) is 50.2 Å². The molecule has 0 atom stereocenters. The first-order valence-electron chi connectivity index (χ1n) is 8.97. The van der Waals surface area contributed by atoms with Gasteiger partial charge < -0.3 is 14.2 Å². The molecule has 5 rings (SSSR count). The number of pyridine rings is 1. The van der Waals surface area contributed by atoms with Gasteiger partial charge >= 0.3 is 0 Å². The second-order valence-corrected chi connectivity index (χ2v) is 7.99. The molecule has 0 radical (unpaired) electrons. The second-order valence-electron chi connectivity index (χ2n) is 7.03. The van der Waals surface area contributed by atoms with Crippen molar-refractivity contribution in [1.82, 2.24) is 28.9 Å². The molecule has 0 aromatic carbocycles. The van der Waals surface area contributed by atoms with Crippen LogP contribution in [0, 0.1) is 12.7 Å². The highest BCUT2D eigenvalue weighted by molar-refractivity contribution is 7.19. The van der Waals surface area contributed by atoms with E-state index in [4.69, 9.17) is 0 Å². The minimum Gasteiger partial charge on any atom is -0.354 e. The van der Waals surface area contributed by atoms with Crippen LogP contribution in [0.2, 0.25) is 0 Å². The Bertz CT molecular complexity index is 1250. The number of halogens is 1. The van der Waals surface area contributed by atoms with Gasteiger partial charge in [-0.3, -0.25) is 4.79 Å². The Morgan fingerprint density at radius 3 is 2.68 bits per heavy atom. The maximum atomic E-state index is 14.4. The van der Waals surface area contributed by atoms with Crippen molar-refractivity contribution in [3.8, 4) is 10.6 Å². The number of imidazole rings is 1. The van der Waals surface area contributed by atoms with Crippen molar-refractivity contribution < 1.29 is 4.39 Å². The Balaban J connectivity index is 1.58. The number of anilines is 1. The highest BCUT2D eigenvalue weighted by Gasteiger charge is 2.19. The predicted octanol–water partition coefficient (Wildman–Crippen LogP) is 1.67. The summed E-state index contributed by atoms with van der Waals surface area (Å²) in [6.07, 6.45) is 3.52. The molecule has 1 aliphatic rings. The van der Waals surface area contributed by atoms with Gasteiger partial charge in [-0.2, -0.15) is 9.61 Å². The van der Waals surface area contributed by atoms with Gasteiger partial charge in [-0.15, -0.1) is 0 Å². The summed E-state index contributed by atoms with van der Waals surface area (Å²) >= 11 is 1.27. The molecule has 1 fully saturated rings. The highest BCUT2D eigenvalue weighted by atomic mass is 32.1. The van der Waals surface area contributed by atoms with Gasteiger partial charge in [0.15, 0.2) is 11.5 Å². The molecule has 0 bridgehead atoms. The van der Waals surface area contributed by atoms with Gasteiger partial charge in [0.05, 0.1) is 5.69 Å². The van der Waals surface area contributed by atoms with E-state index in [1.807, 2.05) is 6.92 Å². The first-order chi connectivity index (χ1) is 13.5. The molecule has 10 heteroatoms. The van der Waals surface area contributed by atoms with Crippen LogP contribution < -0.4 is 10.5 Å². The average molecular weight is 399 g/mol. The third-order valence-electron chi connectivity index (χ3n) is 4.93. The van der Waals surface area contributed by atoms with E-state index in [9.17, 15) is 9.18 Å². The topological polar surface area (TPSA) is 71.0 Å².